The van der Waals surface area contributed by atoms with E-state index in [-0.39, 0.29) is 40.0 Å². The fourth-order valence-corrected chi connectivity index (χ4v) is 4.14. The number of aromatic nitrogens is 2. The molecule has 1 aliphatic carbocycles. The van der Waals surface area contributed by atoms with Crippen LogP contribution in [0.2, 0.25) is 0 Å². The van der Waals surface area contributed by atoms with E-state index in [0.29, 0.717) is 25.6 Å². The minimum atomic E-state index is -0.806. The van der Waals surface area contributed by atoms with Gasteiger partial charge in [-0.2, -0.15) is 9.97 Å². The van der Waals surface area contributed by atoms with E-state index in [1.54, 1.807) is 4.90 Å². The second kappa shape index (κ2) is 8.49. The van der Waals surface area contributed by atoms with Gasteiger partial charge in [-0.05, 0) is 48.9 Å². The first-order valence-electron chi connectivity index (χ1n) is 9.91. The summed E-state index contributed by atoms with van der Waals surface area (Å²) < 4.78 is 40.2. The Balaban J connectivity index is 1.72. The molecule has 1 N–H and O–H groups in total. The Bertz CT molecular complexity index is 942. The molecule has 2 aliphatic rings. The summed E-state index contributed by atoms with van der Waals surface area (Å²) in [5, 5.41) is 10.3. The lowest BCUT2D eigenvalue weighted by molar-refractivity contribution is 0.0597. The highest BCUT2D eigenvalue weighted by atomic mass is 79.9. The molecule has 1 aromatic carbocycles. The largest absolute Gasteiger partial charge is 0.463 e. The minimum absolute atomic E-state index is 0.0274. The van der Waals surface area contributed by atoms with E-state index in [9.17, 15) is 13.9 Å². The van der Waals surface area contributed by atoms with E-state index in [2.05, 4.69) is 30.8 Å². The van der Waals surface area contributed by atoms with Crippen molar-refractivity contribution >= 4 is 32.7 Å². The maximum absolute atomic E-state index is 14.9. The number of rotatable bonds is 6. The van der Waals surface area contributed by atoms with Gasteiger partial charge < -0.3 is 24.4 Å². The third-order valence-corrected chi connectivity index (χ3v) is 6.18. The summed E-state index contributed by atoms with van der Waals surface area (Å²) in [5.74, 6) is -1.23. The number of hydrogen-bond donors (Lipinski definition) is 1. The summed E-state index contributed by atoms with van der Waals surface area (Å²) in [6.07, 6.45) is 1.36. The molecule has 7 nitrogen and oxygen atoms in total. The standard InChI is InChI=1S/C20H25BrF2N4O3/c1-26(2)10-20(3-4-20)11-30-19-24-17-13(7-14(22)15(21)16(17)23)18(25-19)27-5-6-29-9-12(28)8-27/h7,12,28H,3-6,8-11H2,1-2H3. The maximum atomic E-state index is 14.9. The van der Waals surface area contributed by atoms with Crippen LogP contribution in [-0.2, 0) is 4.74 Å². The summed E-state index contributed by atoms with van der Waals surface area (Å²) >= 11 is 2.94. The third kappa shape index (κ3) is 4.51. The second-order valence-corrected chi connectivity index (χ2v) is 9.21. The molecule has 30 heavy (non-hydrogen) atoms. The van der Waals surface area contributed by atoms with E-state index in [1.807, 2.05) is 14.1 Å². The topological polar surface area (TPSA) is 71.0 Å². The molecule has 0 bridgehead atoms. The fourth-order valence-electron chi connectivity index (χ4n) is 3.84. The van der Waals surface area contributed by atoms with Crippen LogP contribution >= 0.6 is 15.9 Å². The monoisotopic (exact) mass is 486 g/mol. The molecule has 1 atom stereocenters. The van der Waals surface area contributed by atoms with Crippen molar-refractivity contribution in [3.8, 4) is 6.01 Å². The number of benzene rings is 1. The van der Waals surface area contributed by atoms with Gasteiger partial charge in [-0.25, -0.2) is 8.78 Å². The van der Waals surface area contributed by atoms with Crippen molar-refractivity contribution < 1.29 is 23.4 Å². The van der Waals surface area contributed by atoms with Crippen LogP contribution in [0.15, 0.2) is 10.5 Å². The van der Waals surface area contributed by atoms with Crippen molar-refractivity contribution in [2.75, 3.05) is 58.5 Å². The Hall–Kier alpha value is -1.62. The van der Waals surface area contributed by atoms with Gasteiger partial charge in [0.15, 0.2) is 5.82 Å². The van der Waals surface area contributed by atoms with Crippen molar-refractivity contribution in [3.63, 3.8) is 0 Å². The molecule has 2 aromatic rings. The van der Waals surface area contributed by atoms with E-state index < -0.39 is 17.7 Å². The number of halogens is 3. The normalized spacial score (nSPS) is 21.2. The molecule has 2 heterocycles. The van der Waals surface area contributed by atoms with Gasteiger partial charge in [0.1, 0.15) is 17.2 Å². The number of nitrogens with zero attached hydrogens (tertiary/aromatic N) is 4. The van der Waals surface area contributed by atoms with Crippen LogP contribution in [0.1, 0.15) is 12.8 Å². The molecule has 4 rings (SSSR count). The number of hydrogen-bond acceptors (Lipinski definition) is 7. The van der Waals surface area contributed by atoms with Gasteiger partial charge in [-0.3, -0.25) is 0 Å². The van der Waals surface area contributed by atoms with Crippen molar-refractivity contribution in [1.29, 1.82) is 0 Å². The van der Waals surface area contributed by atoms with Gasteiger partial charge in [0.2, 0.25) is 0 Å². The Morgan fingerprint density at radius 1 is 1.37 bits per heavy atom. The first-order valence-corrected chi connectivity index (χ1v) is 10.7. The Kier molecular flexibility index (Phi) is 6.11. The van der Waals surface area contributed by atoms with Crippen LogP contribution in [0.25, 0.3) is 10.9 Å². The first-order chi connectivity index (χ1) is 14.3. The lowest BCUT2D eigenvalue weighted by atomic mass is 10.1. The molecular formula is C20H25BrF2N4O3. The Morgan fingerprint density at radius 3 is 2.83 bits per heavy atom. The summed E-state index contributed by atoms with van der Waals surface area (Å²) in [4.78, 5) is 12.6. The molecule has 0 radical (unpaired) electrons. The Labute approximate surface area is 182 Å². The van der Waals surface area contributed by atoms with Crippen molar-refractivity contribution in [2.24, 2.45) is 5.41 Å². The van der Waals surface area contributed by atoms with Gasteiger partial charge in [-0.1, -0.05) is 0 Å². The SMILES string of the molecule is CN(C)CC1(COc2nc(N3CCOCC(O)C3)c3cc(F)c(Br)c(F)c3n2)CC1. The van der Waals surface area contributed by atoms with Crippen molar-refractivity contribution in [1.82, 2.24) is 14.9 Å². The molecule has 1 saturated heterocycles. The summed E-state index contributed by atoms with van der Waals surface area (Å²) in [5.41, 5.74) is 0.0247. The molecule has 1 saturated carbocycles. The number of fused-ring (bicyclic) bond motifs is 1. The van der Waals surface area contributed by atoms with Crippen LogP contribution in [0.4, 0.5) is 14.6 Å². The highest BCUT2D eigenvalue weighted by Gasteiger charge is 2.44. The van der Waals surface area contributed by atoms with Crippen LogP contribution in [-0.4, -0.2) is 79.6 Å². The predicted octanol–water partition coefficient (Wildman–Crippen LogP) is 2.59. The van der Waals surface area contributed by atoms with Gasteiger partial charge in [0, 0.05) is 30.4 Å². The lowest BCUT2D eigenvalue weighted by Gasteiger charge is -2.25. The molecule has 1 aromatic heterocycles. The average molecular weight is 487 g/mol. The lowest BCUT2D eigenvalue weighted by Crippen LogP contribution is -2.33. The van der Waals surface area contributed by atoms with Crippen molar-refractivity contribution in [3.05, 3.63) is 22.2 Å². The van der Waals surface area contributed by atoms with E-state index in [4.69, 9.17) is 9.47 Å². The van der Waals surface area contributed by atoms with Gasteiger partial charge >= 0.3 is 6.01 Å². The van der Waals surface area contributed by atoms with Gasteiger partial charge in [-0.15, -0.1) is 0 Å². The number of β-amino-alcohol motifs (C(OH)–C–C–N with tert-alkyl or cyclic N) is 1. The third-order valence-electron chi connectivity index (χ3n) is 5.45. The van der Waals surface area contributed by atoms with E-state index >= 15 is 0 Å². The predicted molar refractivity (Wildman–Crippen MR) is 112 cm³/mol. The highest BCUT2D eigenvalue weighted by Crippen LogP contribution is 2.46. The van der Waals surface area contributed by atoms with Crippen LogP contribution in [0.3, 0.4) is 0 Å². The molecule has 2 fully saturated rings. The Morgan fingerprint density at radius 2 is 2.13 bits per heavy atom. The van der Waals surface area contributed by atoms with E-state index in [1.165, 1.54) is 6.07 Å². The van der Waals surface area contributed by atoms with E-state index in [0.717, 1.165) is 19.4 Å². The highest BCUT2D eigenvalue weighted by molar-refractivity contribution is 9.10. The number of aliphatic hydroxyl groups excluding tert-OH is 1. The van der Waals surface area contributed by atoms with Gasteiger partial charge in [0.25, 0.3) is 0 Å². The minimum Gasteiger partial charge on any atom is -0.463 e. The van der Waals surface area contributed by atoms with Crippen LogP contribution in [0, 0.1) is 17.0 Å². The molecule has 1 unspecified atom stereocenters. The molecule has 10 heteroatoms. The zero-order valence-electron chi connectivity index (χ0n) is 17.0. The number of anilines is 1. The second-order valence-electron chi connectivity index (χ2n) is 8.41. The zero-order chi connectivity index (χ0) is 21.5. The van der Waals surface area contributed by atoms with Crippen LogP contribution < -0.4 is 9.64 Å². The quantitative estimate of drug-likeness (QED) is 0.629. The fraction of sp³-hybridized carbons (Fsp3) is 0.600. The summed E-state index contributed by atoms with van der Waals surface area (Å²) in [7, 11) is 4.03. The maximum Gasteiger partial charge on any atom is 0.319 e. The molecular weight excluding hydrogens is 462 g/mol. The van der Waals surface area contributed by atoms with Crippen molar-refractivity contribution in [2.45, 2.75) is 18.9 Å². The van der Waals surface area contributed by atoms with Gasteiger partial charge in [0.05, 0.1) is 30.4 Å². The molecule has 164 valence electrons. The zero-order valence-corrected chi connectivity index (χ0v) is 18.6. The number of aliphatic hydroxyl groups is 1. The molecule has 1 aliphatic heterocycles. The molecule has 0 spiro atoms. The first kappa shape index (κ1) is 21.6. The summed E-state index contributed by atoms with van der Waals surface area (Å²) in [6, 6.07) is 1.24. The smallest absolute Gasteiger partial charge is 0.319 e. The summed E-state index contributed by atoms with van der Waals surface area (Å²) in [6.45, 7) is 2.53. The number of ether oxygens (including phenoxy) is 2. The molecule has 0 amide bonds. The van der Waals surface area contributed by atoms with Crippen LogP contribution in [0.5, 0.6) is 6.01 Å². The average Bonchev–Trinajstić information content (AvgIpc) is 3.48.